The van der Waals surface area contributed by atoms with Crippen LogP contribution in [0, 0.1) is 38.0 Å². The first kappa shape index (κ1) is 30.4. The number of carbonyl (C=O) groups excluding carboxylic acids is 4. The fourth-order valence-corrected chi connectivity index (χ4v) is 7.32. The lowest BCUT2D eigenvalue weighted by Gasteiger charge is -2.42. The van der Waals surface area contributed by atoms with Crippen LogP contribution in [0.25, 0.3) is 0 Å². The first-order chi connectivity index (χ1) is 21.8. The number of hydrogen-bond donors (Lipinski definition) is 1. The van der Waals surface area contributed by atoms with Crippen molar-refractivity contribution in [2.24, 2.45) is 17.8 Å². The molecule has 46 heavy (non-hydrogen) atoms. The Balaban J connectivity index is 1.50. The highest BCUT2D eigenvalue weighted by atomic mass is 16.6. The van der Waals surface area contributed by atoms with E-state index in [-0.39, 0.29) is 58.0 Å². The number of nitro benzene ring substituents is 2. The molecule has 14 nitrogen and oxygen atoms in total. The zero-order valence-corrected chi connectivity index (χ0v) is 25.2. The van der Waals surface area contributed by atoms with E-state index in [1.165, 1.54) is 51.2 Å². The van der Waals surface area contributed by atoms with Gasteiger partial charge in [0.25, 0.3) is 0 Å². The van der Waals surface area contributed by atoms with E-state index in [1.54, 1.807) is 12.1 Å². The molecule has 0 aromatic heterocycles. The molecular weight excluding hydrogens is 600 g/mol. The highest BCUT2D eigenvalue weighted by molar-refractivity contribution is 6.25. The molecule has 6 rings (SSSR count). The van der Waals surface area contributed by atoms with E-state index in [0.717, 1.165) is 17.0 Å². The van der Waals surface area contributed by atoms with Gasteiger partial charge in [-0.25, -0.2) is 4.90 Å². The normalized spacial score (nSPS) is 23.8. The van der Waals surface area contributed by atoms with E-state index >= 15 is 0 Å². The molecule has 0 spiro atoms. The van der Waals surface area contributed by atoms with Crippen molar-refractivity contribution in [3.05, 3.63) is 90.6 Å². The number of fused-ring (bicyclic) bond motifs is 3. The summed E-state index contributed by atoms with van der Waals surface area (Å²) < 4.78 is 5.37. The molecule has 3 aliphatic carbocycles. The van der Waals surface area contributed by atoms with Gasteiger partial charge in [0.2, 0.25) is 11.8 Å². The van der Waals surface area contributed by atoms with Crippen LogP contribution in [-0.4, -0.2) is 59.5 Å². The Morgan fingerprint density at radius 3 is 2.22 bits per heavy atom. The van der Waals surface area contributed by atoms with Crippen molar-refractivity contribution in [2.75, 3.05) is 31.0 Å². The van der Waals surface area contributed by atoms with Gasteiger partial charge >= 0.3 is 11.4 Å². The highest BCUT2D eigenvalue weighted by Gasteiger charge is 2.57. The minimum absolute atomic E-state index is 0.0371. The van der Waals surface area contributed by atoms with Crippen molar-refractivity contribution in [3.63, 3.8) is 0 Å². The highest BCUT2D eigenvalue weighted by Crippen LogP contribution is 2.57. The smallest absolute Gasteiger partial charge is 0.301 e. The van der Waals surface area contributed by atoms with Crippen LogP contribution in [0.5, 0.6) is 11.5 Å². The van der Waals surface area contributed by atoms with E-state index in [1.807, 2.05) is 0 Å². The third kappa shape index (κ3) is 4.39. The molecule has 0 radical (unpaired) electrons. The lowest BCUT2D eigenvalue weighted by Crippen LogP contribution is -2.39. The summed E-state index contributed by atoms with van der Waals surface area (Å²) in [5.41, 5.74) is -0.466. The standard InChI is InChI=1S/C32H28N4O10/c1-14-9-25(38)21-13-19-17(26(28(21)30(14)39)20-12-16(46-4)5-8-24(20)37)6-7-18-27(19)32(41)34(31(18)40)15-10-22(35(42)43)29(33(2)3)23(11-15)36(44)45/h5-6,8-12,18-19,26-27,37H,7,13H2,1-4H3. The lowest BCUT2D eigenvalue weighted by atomic mass is 9.59. The van der Waals surface area contributed by atoms with Gasteiger partial charge in [-0.05, 0) is 50.0 Å². The average Bonchev–Trinajstić information content (AvgIpc) is 3.27. The summed E-state index contributed by atoms with van der Waals surface area (Å²) in [5, 5.41) is 35.0. The van der Waals surface area contributed by atoms with Gasteiger partial charge in [-0.2, -0.15) is 0 Å². The number of ketones is 2. The first-order valence-electron chi connectivity index (χ1n) is 14.4. The Labute approximate surface area is 261 Å². The van der Waals surface area contributed by atoms with Crippen LogP contribution in [0.3, 0.4) is 0 Å². The monoisotopic (exact) mass is 628 g/mol. The predicted octanol–water partition coefficient (Wildman–Crippen LogP) is 3.92. The van der Waals surface area contributed by atoms with Crippen molar-refractivity contribution < 1.29 is 38.9 Å². The van der Waals surface area contributed by atoms with Crippen molar-refractivity contribution in [3.8, 4) is 11.5 Å². The Bertz CT molecular complexity index is 1870. The van der Waals surface area contributed by atoms with Crippen molar-refractivity contribution in [1.29, 1.82) is 0 Å². The van der Waals surface area contributed by atoms with E-state index < -0.39 is 62.5 Å². The van der Waals surface area contributed by atoms with Gasteiger partial charge in [0.05, 0.1) is 34.5 Å². The predicted molar refractivity (Wildman–Crippen MR) is 163 cm³/mol. The number of allylic oxidation sites excluding steroid dienone is 6. The number of carbonyl (C=O) groups is 4. The molecule has 14 heteroatoms. The van der Waals surface area contributed by atoms with Gasteiger partial charge in [0.15, 0.2) is 17.3 Å². The van der Waals surface area contributed by atoms with Gasteiger partial charge in [-0.1, -0.05) is 11.6 Å². The molecule has 4 unspecified atom stereocenters. The van der Waals surface area contributed by atoms with E-state index in [2.05, 4.69) is 0 Å². The lowest BCUT2D eigenvalue weighted by molar-refractivity contribution is -0.392. The maximum atomic E-state index is 14.2. The number of Topliss-reactive ketones (excluding diaryl/α,β-unsaturated/α-hetero) is 1. The minimum Gasteiger partial charge on any atom is -0.508 e. The molecule has 1 saturated heterocycles. The number of phenolic OH excluding ortho intramolecular Hbond substituents is 1. The molecule has 236 valence electrons. The molecule has 1 heterocycles. The zero-order chi connectivity index (χ0) is 33.4. The number of ether oxygens (including phenoxy) is 1. The quantitative estimate of drug-likeness (QED) is 0.160. The summed E-state index contributed by atoms with van der Waals surface area (Å²) in [4.78, 5) is 79.4. The molecule has 4 aliphatic rings. The number of benzene rings is 2. The average molecular weight is 629 g/mol. The van der Waals surface area contributed by atoms with Crippen molar-refractivity contribution >= 4 is 46.1 Å². The second-order valence-electron chi connectivity index (χ2n) is 11.9. The summed E-state index contributed by atoms with van der Waals surface area (Å²) in [6.07, 6.45) is 3.00. The third-order valence-electron chi connectivity index (χ3n) is 9.26. The fraction of sp³-hybridized carbons (Fsp3) is 0.312. The second-order valence-corrected chi connectivity index (χ2v) is 11.9. The number of amides is 2. The maximum Gasteiger partial charge on any atom is 0.301 e. The summed E-state index contributed by atoms with van der Waals surface area (Å²) in [7, 11) is 4.24. The molecule has 0 saturated carbocycles. The fourth-order valence-electron chi connectivity index (χ4n) is 7.32. The molecule has 2 aromatic rings. The Morgan fingerprint density at radius 1 is 0.978 bits per heavy atom. The van der Waals surface area contributed by atoms with Gasteiger partial charge in [0, 0.05) is 54.4 Å². The zero-order valence-electron chi connectivity index (χ0n) is 25.2. The van der Waals surface area contributed by atoms with Crippen LogP contribution < -0.4 is 14.5 Å². The molecule has 1 aliphatic heterocycles. The summed E-state index contributed by atoms with van der Waals surface area (Å²) >= 11 is 0. The number of aromatic hydroxyl groups is 1. The molecule has 0 bridgehead atoms. The van der Waals surface area contributed by atoms with Gasteiger partial charge in [-0.3, -0.25) is 39.4 Å². The second kappa shape index (κ2) is 10.8. The minimum atomic E-state index is -1.04. The van der Waals surface area contributed by atoms with Crippen LogP contribution in [0.1, 0.15) is 31.2 Å². The number of methoxy groups -OCH3 is 1. The van der Waals surface area contributed by atoms with E-state index in [0.29, 0.717) is 11.3 Å². The Morgan fingerprint density at radius 2 is 1.63 bits per heavy atom. The third-order valence-corrected chi connectivity index (χ3v) is 9.26. The van der Waals surface area contributed by atoms with Gasteiger partial charge in [0.1, 0.15) is 11.5 Å². The van der Waals surface area contributed by atoms with Crippen molar-refractivity contribution in [1.82, 2.24) is 0 Å². The first-order valence-corrected chi connectivity index (χ1v) is 14.4. The number of imide groups is 1. The number of nitro groups is 2. The number of rotatable bonds is 6. The summed E-state index contributed by atoms with van der Waals surface area (Å²) in [6, 6.07) is 6.45. The van der Waals surface area contributed by atoms with Gasteiger partial charge in [-0.15, -0.1) is 0 Å². The number of phenols is 1. The molecule has 2 amide bonds. The maximum absolute atomic E-state index is 14.2. The number of hydrogen-bond acceptors (Lipinski definition) is 11. The Hall–Kier alpha value is -5.66. The van der Waals surface area contributed by atoms with Crippen LogP contribution in [0.4, 0.5) is 22.7 Å². The van der Waals surface area contributed by atoms with Crippen LogP contribution >= 0.6 is 0 Å². The number of anilines is 2. The Kier molecular flexibility index (Phi) is 7.10. The van der Waals surface area contributed by atoms with Crippen LogP contribution in [-0.2, 0) is 19.2 Å². The molecule has 2 aromatic carbocycles. The van der Waals surface area contributed by atoms with Crippen LogP contribution in [0.2, 0.25) is 0 Å². The SMILES string of the molecule is COc1ccc(O)c(C2C3=CCC4C(=O)N(c5cc([N+](=O)[O-])c(N(C)C)c([N+](=O)[O-])c5)C(=O)C4C3CC3=C2C(=O)C(C)=CC3=O)c1. The van der Waals surface area contributed by atoms with E-state index in [9.17, 15) is 44.5 Å². The molecular formula is C32H28N4O10. The van der Waals surface area contributed by atoms with Crippen LogP contribution in [0.15, 0.2) is 64.8 Å². The van der Waals surface area contributed by atoms with E-state index in [4.69, 9.17) is 4.74 Å². The topological polar surface area (TPSA) is 190 Å². The summed E-state index contributed by atoms with van der Waals surface area (Å²) in [5.74, 6) is -5.65. The molecule has 1 N–H and O–H groups in total. The molecule has 4 atom stereocenters. The largest absolute Gasteiger partial charge is 0.508 e. The summed E-state index contributed by atoms with van der Waals surface area (Å²) in [6.45, 7) is 1.53. The van der Waals surface area contributed by atoms with Gasteiger partial charge < -0.3 is 14.7 Å². The molecule has 1 fully saturated rings. The number of nitrogens with zero attached hydrogens (tertiary/aromatic N) is 4. The van der Waals surface area contributed by atoms with Crippen molar-refractivity contribution in [2.45, 2.75) is 25.7 Å².